The van der Waals surface area contributed by atoms with Crippen LogP contribution in [-0.4, -0.2) is 97.3 Å². The van der Waals surface area contributed by atoms with E-state index in [1.54, 1.807) is 18.7 Å². The van der Waals surface area contributed by atoms with Gasteiger partial charge >= 0.3 is 0 Å². The standard InChI is InChI=1S/C30H46N4O5S.C16H29NO2S/c1-18(2)16-22-10-8-11-23(14-13-22)32-28(37)21(7)31-29(38)27(19(3)4)33-25(35)12-9-15-34-26(36)17-24(30(34)39)40-20(5)6;1-12(2)9-7-5-6-8-10-17-15(18)11-14(16(17)19)20-13(3)4/h10-11,13-14,18-21,24,27H,8-9,12,15-17H2,1-7H3,(H,31,38)(H,32,37)(H,33,35);12-14H,5-11H2,1-4H3/t21-,24?,27-;/m0./s1. The molecule has 0 aromatic carbocycles. The molecular weight excluding hydrogens is 799 g/mol. The van der Waals surface area contributed by atoms with Crippen molar-refractivity contribution in [3.05, 3.63) is 35.6 Å². The molecule has 2 heterocycles. The van der Waals surface area contributed by atoms with Crippen LogP contribution in [0.5, 0.6) is 0 Å². The van der Waals surface area contributed by atoms with Crippen molar-refractivity contribution < 1.29 is 33.6 Å². The highest BCUT2D eigenvalue weighted by Crippen LogP contribution is 2.29. The first kappa shape index (κ1) is 52.7. The smallest absolute Gasteiger partial charge is 0.246 e. The molecule has 3 N–H and O–H groups in total. The van der Waals surface area contributed by atoms with E-state index in [0.29, 0.717) is 42.7 Å². The summed E-state index contributed by atoms with van der Waals surface area (Å²) in [4.78, 5) is 89.9. The van der Waals surface area contributed by atoms with Gasteiger partial charge in [0.2, 0.25) is 41.4 Å². The third kappa shape index (κ3) is 19.1. The zero-order chi connectivity index (χ0) is 45.1. The Kier molecular flexibility index (Phi) is 23.6. The summed E-state index contributed by atoms with van der Waals surface area (Å²) in [6.45, 7) is 22.9. The minimum absolute atomic E-state index is 0.0235. The number of unbranched alkanes of at least 4 members (excludes halogenated alkanes) is 3. The second-order valence-electron chi connectivity index (χ2n) is 17.8. The van der Waals surface area contributed by atoms with Crippen molar-refractivity contribution >= 4 is 64.9 Å². The Morgan fingerprint density at radius 1 is 0.667 bits per heavy atom. The van der Waals surface area contributed by atoms with Gasteiger partial charge in [-0.05, 0) is 66.9 Å². The zero-order valence-corrected chi connectivity index (χ0v) is 39.9. The number of carbonyl (C=O) groups is 7. The minimum atomic E-state index is -0.829. The summed E-state index contributed by atoms with van der Waals surface area (Å²) in [5.41, 5.74) is 1.90. The molecule has 0 aromatic rings. The van der Waals surface area contributed by atoms with Gasteiger partial charge in [-0.1, -0.05) is 119 Å². The van der Waals surface area contributed by atoms with Gasteiger partial charge in [-0.2, -0.15) is 0 Å². The Labute approximate surface area is 369 Å². The Balaban J connectivity index is 0.000000518. The highest BCUT2D eigenvalue weighted by atomic mass is 32.2. The van der Waals surface area contributed by atoms with Crippen LogP contribution in [0.4, 0.5) is 0 Å². The van der Waals surface area contributed by atoms with Crippen molar-refractivity contribution in [2.24, 2.45) is 17.8 Å². The Hall–Kier alpha value is -3.39. The monoisotopic (exact) mass is 874 g/mol. The lowest BCUT2D eigenvalue weighted by molar-refractivity contribution is -0.140. The quantitative estimate of drug-likeness (QED) is 0.0699. The SMILES string of the molecule is CC(C)CC1=CCC=C(NC(=O)[C@H](C)NC(=O)[C@@H](NC(=O)CCCN2C(=O)CC(SC(C)C)C2=O)C(C)C)C=C1.CC(C)CCCCCCN1C(=O)CC(SC(C)C)C1=O. The second-order valence-corrected chi connectivity index (χ2v) is 21.4. The van der Waals surface area contributed by atoms with Crippen molar-refractivity contribution in [2.75, 3.05) is 13.1 Å². The van der Waals surface area contributed by atoms with Crippen molar-refractivity contribution in [3.8, 4) is 0 Å². The Bertz CT molecular complexity index is 1570. The molecule has 338 valence electrons. The van der Waals surface area contributed by atoms with Crippen molar-refractivity contribution in [3.63, 3.8) is 0 Å². The van der Waals surface area contributed by atoms with E-state index >= 15 is 0 Å². The molecule has 2 unspecified atom stereocenters. The molecule has 3 aliphatic rings. The van der Waals surface area contributed by atoms with Crippen LogP contribution in [0.3, 0.4) is 0 Å². The maximum atomic E-state index is 13.0. The van der Waals surface area contributed by atoms with E-state index in [1.165, 1.54) is 46.4 Å². The highest BCUT2D eigenvalue weighted by molar-refractivity contribution is 8.01. The van der Waals surface area contributed by atoms with Gasteiger partial charge in [0.25, 0.3) is 0 Å². The van der Waals surface area contributed by atoms with Crippen LogP contribution in [0.15, 0.2) is 35.6 Å². The van der Waals surface area contributed by atoms with Gasteiger partial charge in [0.15, 0.2) is 0 Å². The van der Waals surface area contributed by atoms with E-state index in [1.807, 2.05) is 45.9 Å². The summed E-state index contributed by atoms with van der Waals surface area (Å²) in [6.07, 6.45) is 16.4. The van der Waals surface area contributed by atoms with Crippen LogP contribution in [0, 0.1) is 17.8 Å². The molecule has 0 bridgehead atoms. The molecule has 0 saturated carbocycles. The fourth-order valence-electron chi connectivity index (χ4n) is 7.00. The van der Waals surface area contributed by atoms with Gasteiger partial charge in [-0.3, -0.25) is 43.4 Å². The lowest BCUT2D eigenvalue weighted by Gasteiger charge is -2.24. The van der Waals surface area contributed by atoms with Gasteiger partial charge in [-0.15, -0.1) is 23.5 Å². The number of hydrogen-bond donors (Lipinski definition) is 3. The number of amides is 7. The van der Waals surface area contributed by atoms with Gasteiger partial charge in [0.05, 0.1) is 10.5 Å². The topological polar surface area (TPSA) is 162 Å². The first-order valence-corrected chi connectivity index (χ1v) is 24.1. The lowest BCUT2D eigenvalue weighted by atomic mass is 10.0. The number of hydrogen-bond acceptors (Lipinski definition) is 9. The third-order valence-electron chi connectivity index (χ3n) is 10.1. The number of nitrogens with zero attached hydrogens (tertiary/aromatic N) is 2. The molecule has 2 saturated heterocycles. The molecule has 14 heteroatoms. The summed E-state index contributed by atoms with van der Waals surface area (Å²) >= 11 is 3.09. The molecule has 60 heavy (non-hydrogen) atoms. The maximum absolute atomic E-state index is 13.0. The van der Waals surface area contributed by atoms with Gasteiger partial charge in [0.1, 0.15) is 12.1 Å². The summed E-state index contributed by atoms with van der Waals surface area (Å²) in [6, 6.07) is -1.64. The fraction of sp³-hybridized carbons (Fsp3) is 0.717. The molecule has 3 rings (SSSR count). The van der Waals surface area contributed by atoms with Gasteiger partial charge in [-0.25, -0.2) is 0 Å². The lowest BCUT2D eigenvalue weighted by Crippen LogP contribution is -2.54. The summed E-state index contributed by atoms with van der Waals surface area (Å²) < 4.78 is 0. The fourth-order valence-corrected chi connectivity index (χ4v) is 9.28. The molecule has 7 amide bonds. The van der Waals surface area contributed by atoms with Crippen molar-refractivity contribution in [2.45, 2.75) is 180 Å². The molecule has 0 radical (unpaired) electrons. The van der Waals surface area contributed by atoms with Crippen molar-refractivity contribution in [1.29, 1.82) is 0 Å². The number of likely N-dealkylation sites (tertiary alicyclic amines) is 2. The van der Waals surface area contributed by atoms with Gasteiger partial charge < -0.3 is 16.0 Å². The molecule has 2 fully saturated rings. The molecule has 2 aliphatic heterocycles. The molecule has 0 spiro atoms. The Morgan fingerprint density at radius 2 is 1.22 bits per heavy atom. The Morgan fingerprint density at radius 3 is 1.73 bits per heavy atom. The summed E-state index contributed by atoms with van der Waals surface area (Å²) in [5.74, 6) is -0.400. The van der Waals surface area contributed by atoms with Crippen LogP contribution in [0.25, 0.3) is 0 Å². The van der Waals surface area contributed by atoms with Crippen LogP contribution in [0.1, 0.15) is 147 Å². The number of imide groups is 2. The van der Waals surface area contributed by atoms with Crippen LogP contribution in [-0.2, 0) is 33.6 Å². The second kappa shape index (κ2) is 26.8. The number of rotatable bonds is 23. The first-order chi connectivity index (χ1) is 28.2. The number of thioether (sulfide) groups is 2. The average molecular weight is 874 g/mol. The van der Waals surface area contributed by atoms with Crippen LogP contribution in [0.2, 0.25) is 0 Å². The highest BCUT2D eigenvalue weighted by Gasteiger charge is 2.40. The molecule has 1 aliphatic carbocycles. The summed E-state index contributed by atoms with van der Waals surface area (Å²) in [5, 5.41) is 8.46. The largest absolute Gasteiger partial charge is 0.344 e. The van der Waals surface area contributed by atoms with Gasteiger partial charge in [0, 0.05) is 38.0 Å². The first-order valence-electron chi connectivity index (χ1n) is 22.2. The molecular formula is C46H75N5O7S2. The molecule has 4 atom stereocenters. The van der Waals surface area contributed by atoms with E-state index in [2.05, 4.69) is 63.6 Å². The predicted octanol–water partition coefficient (Wildman–Crippen LogP) is 7.48. The van der Waals surface area contributed by atoms with E-state index < -0.39 is 18.0 Å². The molecule has 12 nitrogen and oxygen atoms in total. The van der Waals surface area contributed by atoms with Crippen molar-refractivity contribution in [1.82, 2.24) is 25.8 Å². The normalized spacial score (nSPS) is 19.2. The van der Waals surface area contributed by atoms with Crippen LogP contribution < -0.4 is 16.0 Å². The van der Waals surface area contributed by atoms with E-state index in [-0.39, 0.29) is 76.5 Å². The number of allylic oxidation sites excluding steroid dienone is 5. The number of nitrogens with one attached hydrogen (secondary N) is 3. The number of carbonyl (C=O) groups excluding carboxylic acids is 7. The van der Waals surface area contributed by atoms with E-state index in [4.69, 9.17) is 0 Å². The maximum Gasteiger partial charge on any atom is 0.246 e. The van der Waals surface area contributed by atoms with E-state index in [0.717, 1.165) is 25.2 Å². The summed E-state index contributed by atoms with van der Waals surface area (Å²) in [7, 11) is 0. The molecule has 0 aromatic heterocycles. The van der Waals surface area contributed by atoms with E-state index in [9.17, 15) is 33.6 Å². The average Bonchev–Trinajstić information content (AvgIpc) is 3.43. The predicted molar refractivity (Wildman–Crippen MR) is 245 cm³/mol. The van der Waals surface area contributed by atoms with Crippen LogP contribution >= 0.6 is 23.5 Å². The third-order valence-corrected chi connectivity index (χ3v) is 12.6. The minimum Gasteiger partial charge on any atom is -0.344 e. The zero-order valence-electron chi connectivity index (χ0n) is 38.3.